The first-order valence-corrected chi connectivity index (χ1v) is 8.71. The van der Waals surface area contributed by atoms with Crippen LogP contribution < -0.4 is 10.2 Å². The van der Waals surface area contributed by atoms with Crippen molar-refractivity contribution in [2.75, 3.05) is 32.1 Å². The summed E-state index contributed by atoms with van der Waals surface area (Å²) in [6, 6.07) is 8.16. The molecule has 1 saturated heterocycles. The number of piperidine rings is 1. The summed E-state index contributed by atoms with van der Waals surface area (Å²) < 4.78 is 0. The normalized spacial score (nSPS) is 17.7. The van der Waals surface area contributed by atoms with Gasteiger partial charge < -0.3 is 15.1 Å². The minimum Gasteiger partial charge on any atom is -0.378 e. The molecular weight excluding hydrogens is 302 g/mol. The van der Waals surface area contributed by atoms with Gasteiger partial charge in [0, 0.05) is 45.3 Å². The second-order valence-electron chi connectivity index (χ2n) is 7.06. The van der Waals surface area contributed by atoms with E-state index in [2.05, 4.69) is 5.32 Å². The molecule has 1 aromatic rings. The zero-order chi connectivity index (χ0) is 17.7. The van der Waals surface area contributed by atoms with Crippen LogP contribution in [0.5, 0.6) is 0 Å². The molecule has 0 saturated carbocycles. The Labute approximate surface area is 145 Å². The predicted molar refractivity (Wildman–Crippen MR) is 96.8 cm³/mol. The monoisotopic (exact) mass is 331 g/mol. The molecule has 5 heteroatoms. The molecule has 0 aromatic heterocycles. The number of carbonyl (C=O) groups is 2. The lowest BCUT2D eigenvalue weighted by atomic mass is 9.96. The van der Waals surface area contributed by atoms with Crippen LogP contribution in [0.2, 0.25) is 0 Å². The van der Waals surface area contributed by atoms with Crippen molar-refractivity contribution in [2.24, 2.45) is 11.8 Å². The SMILES string of the molecule is CC(C)C(=O)N1CCC[C@H](C(=O)NCc2ccc(N(C)C)cc2)C1. The van der Waals surface area contributed by atoms with Gasteiger partial charge in [-0.3, -0.25) is 9.59 Å². The molecule has 0 unspecified atom stereocenters. The van der Waals surface area contributed by atoms with Crippen molar-refractivity contribution >= 4 is 17.5 Å². The van der Waals surface area contributed by atoms with Crippen molar-refractivity contribution in [1.82, 2.24) is 10.2 Å². The Hall–Kier alpha value is -2.04. The Morgan fingerprint density at radius 2 is 1.92 bits per heavy atom. The van der Waals surface area contributed by atoms with Gasteiger partial charge in [-0.2, -0.15) is 0 Å². The van der Waals surface area contributed by atoms with Crippen LogP contribution in [0.4, 0.5) is 5.69 Å². The Balaban J connectivity index is 1.86. The van der Waals surface area contributed by atoms with Crippen molar-refractivity contribution in [2.45, 2.75) is 33.2 Å². The first-order valence-electron chi connectivity index (χ1n) is 8.71. The molecule has 1 aliphatic heterocycles. The van der Waals surface area contributed by atoms with Gasteiger partial charge in [-0.15, -0.1) is 0 Å². The molecule has 0 aliphatic carbocycles. The summed E-state index contributed by atoms with van der Waals surface area (Å²) in [6.07, 6.45) is 1.75. The van der Waals surface area contributed by atoms with Crippen LogP contribution in [-0.2, 0) is 16.1 Å². The number of benzene rings is 1. The first-order chi connectivity index (χ1) is 11.4. The van der Waals surface area contributed by atoms with E-state index in [9.17, 15) is 9.59 Å². The van der Waals surface area contributed by atoms with Crippen molar-refractivity contribution in [3.63, 3.8) is 0 Å². The molecule has 2 amide bonds. The third-order valence-electron chi connectivity index (χ3n) is 4.52. The molecule has 5 nitrogen and oxygen atoms in total. The predicted octanol–water partition coefficient (Wildman–Crippen LogP) is 2.26. The second kappa shape index (κ2) is 8.18. The van der Waals surface area contributed by atoms with Crippen LogP contribution in [0, 0.1) is 11.8 Å². The minimum atomic E-state index is -0.0949. The van der Waals surface area contributed by atoms with E-state index >= 15 is 0 Å². The fourth-order valence-corrected chi connectivity index (χ4v) is 3.00. The first kappa shape index (κ1) is 18.3. The van der Waals surface area contributed by atoms with Crippen molar-refractivity contribution in [1.29, 1.82) is 0 Å². The highest BCUT2D eigenvalue weighted by atomic mass is 16.2. The lowest BCUT2D eigenvalue weighted by molar-refractivity contribution is -0.138. The third kappa shape index (κ3) is 4.73. The maximum absolute atomic E-state index is 12.4. The highest BCUT2D eigenvalue weighted by Gasteiger charge is 2.29. The number of nitrogens with one attached hydrogen (secondary N) is 1. The average Bonchev–Trinajstić information content (AvgIpc) is 2.59. The number of rotatable bonds is 5. The summed E-state index contributed by atoms with van der Waals surface area (Å²) in [5.74, 6) is 0.0873. The van der Waals surface area contributed by atoms with E-state index < -0.39 is 0 Å². The van der Waals surface area contributed by atoms with Crippen molar-refractivity contribution in [3.8, 4) is 0 Å². The van der Waals surface area contributed by atoms with Gasteiger partial charge >= 0.3 is 0 Å². The summed E-state index contributed by atoms with van der Waals surface area (Å²) in [4.78, 5) is 28.4. The van der Waals surface area contributed by atoms with E-state index in [1.807, 2.05) is 62.0 Å². The zero-order valence-corrected chi connectivity index (χ0v) is 15.2. The maximum Gasteiger partial charge on any atom is 0.225 e. The molecule has 2 rings (SSSR count). The van der Waals surface area contributed by atoms with Gasteiger partial charge in [0.2, 0.25) is 11.8 Å². The van der Waals surface area contributed by atoms with E-state index in [1.54, 1.807) is 0 Å². The molecule has 1 aromatic carbocycles. The Kier molecular flexibility index (Phi) is 6.23. The topological polar surface area (TPSA) is 52.7 Å². The van der Waals surface area contributed by atoms with Crippen LogP contribution in [0.1, 0.15) is 32.3 Å². The Morgan fingerprint density at radius 3 is 2.50 bits per heavy atom. The van der Waals surface area contributed by atoms with Gasteiger partial charge in [-0.1, -0.05) is 26.0 Å². The molecule has 24 heavy (non-hydrogen) atoms. The van der Waals surface area contributed by atoms with Crippen molar-refractivity contribution in [3.05, 3.63) is 29.8 Å². The summed E-state index contributed by atoms with van der Waals surface area (Å²) in [5, 5.41) is 3.02. The number of amides is 2. The largest absolute Gasteiger partial charge is 0.378 e. The smallest absolute Gasteiger partial charge is 0.225 e. The van der Waals surface area contributed by atoms with Crippen LogP contribution in [0.25, 0.3) is 0 Å². The summed E-state index contributed by atoms with van der Waals surface area (Å²) in [5.41, 5.74) is 2.22. The number of nitrogens with zero attached hydrogens (tertiary/aromatic N) is 2. The summed E-state index contributed by atoms with van der Waals surface area (Å²) in [7, 11) is 4.01. The molecule has 0 bridgehead atoms. The Morgan fingerprint density at radius 1 is 1.25 bits per heavy atom. The van der Waals surface area contributed by atoms with E-state index in [1.165, 1.54) is 0 Å². The van der Waals surface area contributed by atoms with Crippen LogP contribution in [0.3, 0.4) is 0 Å². The van der Waals surface area contributed by atoms with Crippen LogP contribution in [-0.4, -0.2) is 43.9 Å². The molecule has 1 aliphatic rings. The number of hydrogen-bond donors (Lipinski definition) is 1. The summed E-state index contributed by atoms with van der Waals surface area (Å²) >= 11 is 0. The molecule has 1 N–H and O–H groups in total. The molecule has 1 fully saturated rings. The standard InChI is InChI=1S/C19H29N3O2/c1-14(2)19(24)22-11-5-6-16(13-22)18(23)20-12-15-7-9-17(10-8-15)21(3)4/h7-10,14,16H,5-6,11-13H2,1-4H3,(H,20,23)/t16-/m0/s1. The molecule has 1 heterocycles. The highest BCUT2D eigenvalue weighted by Crippen LogP contribution is 2.19. The lowest BCUT2D eigenvalue weighted by Gasteiger charge is -2.33. The fraction of sp³-hybridized carbons (Fsp3) is 0.579. The molecule has 0 spiro atoms. The van der Waals surface area contributed by atoms with Gasteiger partial charge in [0.05, 0.1) is 5.92 Å². The Bertz CT molecular complexity index is 566. The van der Waals surface area contributed by atoms with E-state index in [-0.39, 0.29) is 23.7 Å². The molecule has 132 valence electrons. The molecule has 1 atom stereocenters. The second-order valence-corrected chi connectivity index (χ2v) is 7.06. The quantitative estimate of drug-likeness (QED) is 0.900. The van der Waals surface area contributed by atoms with E-state index in [0.717, 1.165) is 30.6 Å². The maximum atomic E-state index is 12.4. The zero-order valence-electron chi connectivity index (χ0n) is 15.2. The number of likely N-dealkylation sites (tertiary alicyclic amines) is 1. The van der Waals surface area contributed by atoms with Crippen LogP contribution >= 0.6 is 0 Å². The van der Waals surface area contributed by atoms with Gasteiger partial charge in [0.25, 0.3) is 0 Å². The average molecular weight is 331 g/mol. The van der Waals surface area contributed by atoms with Crippen molar-refractivity contribution < 1.29 is 9.59 Å². The van der Waals surface area contributed by atoms with Gasteiger partial charge in [-0.25, -0.2) is 0 Å². The summed E-state index contributed by atoms with van der Waals surface area (Å²) in [6.45, 7) is 5.66. The van der Waals surface area contributed by atoms with E-state index in [4.69, 9.17) is 0 Å². The third-order valence-corrected chi connectivity index (χ3v) is 4.52. The molecular formula is C19H29N3O2. The number of anilines is 1. The molecule has 0 radical (unpaired) electrons. The lowest BCUT2D eigenvalue weighted by Crippen LogP contribution is -2.46. The number of hydrogen-bond acceptors (Lipinski definition) is 3. The fourth-order valence-electron chi connectivity index (χ4n) is 3.00. The minimum absolute atomic E-state index is 0.0120. The van der Waals surface area contributed by atoms with Gasteiger partial charge in [0.1, 0.15) is 0 Å². The van der Waals surface area contributed by atoms with Gasteiger partial charge in [0.15, 0.2) is 0 Å². The number of carbonyl (C=O) groups excluding carboxylic acids is 2. The van der Waals surface area contributed by atoms with Gasteiger partial charge in [-0.05, 0) is 30.5 Å². The van der Waals surface area contributed by atoms with Crippen LogP contribution in [0.15, 0.2) is 24.3 Å². The highest BCUT2D eigenvalue weighted by molar-refractivity contribution is 5.82. The van der Waals surface area contributed by atoms with E-state index in [0.29, 0.717) is 13.1 Å².